The highest BCUT2D eigenvalue weighted by Gasteiger charge is 2.11. The lowest BCUT2D eigenvalue weighted by molar-refractivity contribution is -0.124. The Labute approximate surface area is 84.4 Å². The first-order valence-corrected chi connectivity index (χ1v) is 4.24. The zero-order valence-corrected chi connectivity index (χ0v) is 8.78. The number of hydrogen-bond acceptors (Lipinski definition) is 2. The SMILES string of the molecule is C=C/C(C=O)=C(\C=C/C)C(=O)N(C)C. The van der Waals surface area contributed by atoms with Gasteiger partial charge in [-0.2, -0.15) is 0 Å². The van der Waals surface area contributed by atoms with E-state index in [9.17, 15) is 9.59 Å². The molecule has 0 saturated carbocycles. The fourth-order valence-corrected chi connectivity index (χ4v) is 0.920. The molecule has 0 N–H and O–H groups in total. The Morgan fingerprint density at radius 3 is 2.21 bits per heavy atom. The molecule has 0 aliphatic rings. The van der Waals surface area contributed by atoms with E-state index in [1.54, 1.807) is 33.2 Å². The van der Waals surface area contributed by atoms with Crippen molar-refractivity contribution >= 4 is 12.2 Å². The fourth-order valence-electron chi connectivity index (χ4n) is 0.920. The predicted octanol–water partition coefficient (Wildman–Crippen LogP) is 1.33. The largest absolute Gasteiger partial charge is 0.345 e. The van der Waals surface area contributed by atoms with E-state index in [1.165, 1.54) is 11.0 Å². The quantitative estimate of drug-likeness (QED) is 0.384. The third kappa shape index (κ3) is 3.01. The fraction of sp³-hybridized carbons (Fsp3) is 0.273. The Kier molecular flexibility index (Phi) is 5.22. The van der Waals surface area contributed by atoms with Gasteiger partial charge in [0.05, 0.1) is 0 Å². The number of hydrogen-bond donors (Lipinski definition) is 0. The zero-order valence-electron chi connectivity index (χ0n) is 8.78. The minimum Gasteiger partial charge on any atom is -0.345 e. The van der Waals surface area contributed by atoms with Gasteiger partial charge < -0.3 is 4.90 Å². The van der Waals surface area contributed by atoms with E-state index in [4.69, 9.17) is 0 Å². The van der Waals surface area contributed by atoms with E-state index in [0.29, 0.717) is 17.4 Å². The Morgan fingerprint density at radius 2 is 1.93 bits per heavy atom. The normalized spacial score (nSPS) is 12.2. The topological polar surface area (TPSA) is 37.4 Å². The first kappa shape index (κ1) is 12.4. The average Bonchev–Trinajstić information content (AvgIpc) is 2.17. The molecule has 0 bridgehead atoms. The lowest BCUT2D eigenvalue weighted by Crippen LogP contribution is -2.23. The molecule has 0 aromatic heterocycles. The maximum atomic E-state index is 11.6. The molecule has 0 heterocycles. The molecule has 3 heteroatoms. The van der Waals surface area contributed by atoms with Gasteiger partial charge in [-0.15, -0.1) is 0 Å². The molecule has 0 rings (SSSR count). The van der Waals surface area contributed by atoms with E-state index in [0.717, 1.165) is 0 Å². The number of nitrogens with zero attached hydrogens (tertiary/aromatic N) is 1. The smallest absolute Gasteiger partial charge is 0.254 e. The average molecular weight is 193 g/mol. The number of rotatable bonds is 4. The molecule has 1 amide bonds. The van der Waals surface area contributed by atoms with Crippen LogP contribution < -0.4 is 0 Å². The van der Waals surface area contributed by atoms with Crippen molar-refractivity contribution in [1.82, 2.24) is 4.90 Å². The third-order valence-corrected chi connectivity index (χ3v) is 1.63. The lowest BCUT2D eigenvalue weighted by Gasteiger charge is -2.11. The molecule has 0 atom stereocenters. The first-order valence-electron chi connectivity index (χ1n) is 4.24. The van der Waals surface area contributed by atoms with Gasteiger partial charge in [0.25, 0.3) is 5.91 Å². The Morgan fingerprint density at radius 1 is 1.36 bits per heavy atom. The van der Waals surface area contributed by atoms with E-state index < -0.39 is 0 Å². The van der Waals surface area contributed by atoms with Crippen LogP contribution in [0.3, 0.4) is 0 Å². The summed E-state index contributed by atoms with van der Waals surface area (Å²) >= 11 is 0. The summed E-state index contributed by atoms with van der Waals surface area (Å²) in [6, 6.07) is 0. The van der Waals surface area contributed by atoms with Crippen LogP contribution in [0.1, 0.15) is 6.92 Å². The summed E-state index contributed by atoms with van der Waals surface area (Å²) in [4.78, 5) is 23.7. The molecule has 0 saturated heterocycles. The molecule has 0 aliphatic heterocycles. The molecule has 0 unspecified atom stereocenters. The summed E-state index contributed by atoms with van der Waals surface area (Å²) in [7, 11) is 3.27. The van der Waals surface area contributed by atoms with E-state index >= 15 is 0 Å². The van der Waals surface area contributed by atoms with E-state index in [2.05, 4.69) is 6.58 Å². The zero-order chi connectivity index (χ0) is 11.1. The number of carbonyl (C=O) groups is 2. The van der Waals surface area contributed by atoms with Crippen molar-refractivity contribution in [2.75, 3.05) is 14.1 Å². The third-order valence-electron chi connectivity index (χ3n) is 1.63. The second-order valence-electron chi connectivity index (χ2n) is 2.89. The molecule has 0 aromatic rings. The van der Waals surface area contributed by atoms with Gasteiger partial charge in [-0.05, 0) is 6.92 Å². The lowest BCUT2D eigenvalue weighted by atomic mass is 10.1. The highest BCUT2D eigenvalue weighted by atomic mass is 16.2. The molecular weight excluding hydrogens is 178 g/mol. The summed E-state index contributed by atoms with van der Waals surface area (Å²) in [6.45, 7) is 5.27. The van der Waals surface area contributed by atoms with E-state index in [1.807, 2.05) is 0 Å². The van der Waals surface area contributed by atoms with Crippen LogP contribution in [0.4, 0.5) is 0 Å². The Bertz CT molecular complexity index is 288. The van der Waals surface area contributed by atoms with Crippen molar-refractivity contribution < 1.29 is 9.59 Å². The number of amides is 1. The van der Waals surface area contributed by atoms with Crippen LogP contribution in [-0.2, 0) is 9.59 Å². The maximum absolute atomic E-state index is 11.6. The molecular formula is C11H15NO2. The molecule has 0 aliphatic carbocycles. The summed E-state index contributed by atoms with van der Waals surface area (Å²) in [5.74, 6) is -0.204. The highest BCUT2D eigenvalue weighted by Crippen LogP contribution is 2.08. The van der Waals surface area contributed by atoms with Crippen LogP contribution in [0, 0.1) is 0 Å². The monoisotopic (exact) mass is 193 g/mol. The van der Waals surface area contributed by atoms with E-state index in [-0.39, 0.29) is 5.91 Å². The first-order chi connectivity index (χ1) is 6.58. The number of aldehydes is 1. The molecule has 14 heavy (non-hydrogen) atoms. The van der Waals surface area contributed by atoms with Crippen LogP contribution >= 0.6 is 0 Å². The summed E-state index contributed by atoms with van der Waals surface area (Å²) < 4.78 is 0. The van der Waals surface area contributed by atoms with Crippen molar-refractivity contribution in [3.05, 3.63) is 36.0 Å². The molecule has 0 aromatic carbocycles. The summed E-state index contributed by atoms with van der Waals surface area (Å²) in [5, 5.41) is 0. The van der Waals surface area contributed by atoms with Gasteiger partial charge in [0, 0.05) is 25.2 Å². The van der Waals surface area contributed by atoms with Crippen LogP contribution in [0.25, 0.3) is 0 Å². The van der Waals surface area contributed by atoms with Crippen molar-refractivity contribution in [2.24, 2.45) is 0 Å². The second-order valence-corrected chi connectivity index (χ2v) is 2.89. The number of likely N-dealkylation sites (N-methyl/N-ethyl adjacent to an activating group) is 1. The van der Waals surface area contributed by atoms with Crippen LogP contribution in [0.15, 0.2) is 36.0 Å². The van der Waals surface area contributed by atoms with Crippen LogP contribution in [0.2, 0.25) is 0 Å². The van der Waals surface area contributed by atoms with Gasteiger partial charge in [0.15, 0.2) is 6.29 Å². The van der Waals surface area contributed by atoms with Crippen LogP contribution in [-0.4, -0.2) is 31.2 Å². The second kappa shape index (κ2) is 5.91. The van der Waals surface area contributed by atoms with Gasteiger partial charge in [0.1, 0.15) is 0 Å². The number of carbonyl (C=O) groups excluding carboxylic acids is 2. The van der Waals surface area contributed by atoms with Crippen LogP contribution in [0.5, 0.6) is 0 Å². The summed E-state index contributed by atoms with van der Waals surface area (Å²) in [5.41, 5.74) is 0.671. The van der Waals surface area contributed by atoms with Crippen molar-refractivity contribution in [3.63, 3.8) is 0 Å². The molecule has 0 fully saturated rings. The Hall–Kier alpha value is -1.64. The predicted molar refractivity (Wildman–Crippen MR) is 56.8 cm³/mol. The Balaban J connectivity index is 5.32. The molecule has 76 valence electrons. The molecule has 0 spiro atoms. The van der Waals surface area contributed by atoms with Crippen molar-refractivity contribution in [2.45, 2.75) is 6.92 Å². The molecule has 3 nitrogen and oxygen atoms in total. The summed E-state index contributed by atoms with van der Waals surface area (Å²) in [6.07, 6.45) is 5.32. The number of allylic oxidation sites excluding steroid dienone is 3. The van der Waals surface area contributed by atoms with Crippen molar-refractivity contribution in [1.29, 1.82) is 0 Å². The standard InChI is InChI=1S/C11H15NO2/c1-5-7-10(9(6-2)8-13)11(14)12(3)4/h5-8H,2H2,1,3-4H3/b7-5-,10-9-. The van der Waals surface area contributed by atoms with Gasteiger partial charge in [0.2, 0.25) is 0 Å². The van der Waals surface area contributed by atoms with Gasteiger partial charge in [-0.3, -0.25) is 9.59 Å². The van der Waals surface area contributed by atoms with Crippen molar-refractivity contribution in [3.8, 4) is 0 Å². The van der Waals surface area contributed by atoms with Gasteiger partial charge in [-0.1, -0.05) is 24.8 Å². The van der Waals surface area contributed by atoms with Gasteiger partial charge >= 0.3 is 0 Å². The minimum absolute atomic E-state index is 0.204. The van der Waals surface area contributed by atoms with Gasteiger partial charge in [-0.25, -0.2) is 0 Å². The maximum Gasteiger partial charge on any atom is 0.254 e. The molecule has 0 radical (unpaired) electrons. The highest BCUT2D eigenvalue weighted by molar-refractivity contribution is 6.02. The minimum atomic E-state index is -0.204.